The SMILES string of the molecule is CC(=O)N[CH]C(=O)OCC1c2ccccc2-c2ccccc21. The highest BCUT2D eigenvalue weighted by atomic mass is 16.5. The van der Waals surface area contributed by atoms with E-state index in [1.54, 1.807) is 0 Å². The number of ether oxygens (including phenoxy) is 1. The Morgan fingerprint density at radius 3 is 2.14 bits per heavy atom. The third-order valence-corrected chi connectivity index (χ3v) is 3.75. The predicted molar refractivity (Wildman–Crippen MR) is 82.8 cm³/mol. The van der Waals surface area contributed by atoms with Crippen molar-refractivity contribution in [2.24, 2.45) is 0 Å². The Balaban J connectivity index is 1.77. The fourth-order valence-electron chi connectivity index (χ4n) is 2.81. The Bertz CT molecular complexity index is 678. The van der Waals surface area contributed by atoms with Crippen molar-refractivity contribution < 1.29 is 14.3 Å². The van der Waals surface area contributed by atoms with Crippen LogP contribution in [0.5, 0.6) is 0 Å². The van der Waals surface area contributed by atoms with Gasteiger partial charge in [0.25, 0.3) is 0 Å². The van der Waals surface area contributed by atoms with Crippen molar-refractivity contribution in [2.75, 3.05) is 6.61 Å². The summed E-state index contributed by atoms with van der Waals surface area (Å²) in [6, 6.07) is 16.3. The third-order valence-electron chi connectivity index (χ3n) is 3.75. The van der Waals surface area contributed by atoms with Gasteiger partial charge in [-0.25, -0.2) is 4.79 Å². The molecular formula is C18H16NO3. The topological polar surface area (TPSA) is 55.4 Å². The molecule has 1 aliphatic rings. The third kappa shape index (κ3) is 2.72. The molecular weight excluding hydrogens is 278 g/mol. The van der Waals surface area contributed by atoms with Gasteiger partial charge < -0.3 is 10.1 Å². The average Bonchev–Trinajstić information content (AvgIpc) is 2.85. The van der Waals surface area contributed by atoms with Crippen molar-refractivity contribution >= 4 is 11.9 Å². The molecule has 4 heteroatoms. The van der Waals surface area contributed by atoms with Gasteiger partial charge in [0.05, 0.1) is 0 Å². The predicted octanol–water partition coefficient (Wildman–Crippen LogP) is 2.64. The van der Waals surface area contributed by atoms with E-state index in [0.29, 0.717) is 0 Å². The molecule has 111 valence electrons. The van der Waals surface area contributed by atoms with Crippen molar-refractivity contribution in [3.8, 4) is 11.1 Å². The lowest BCUT2D eigenvalue weighted by molar-refractivity contribution is -0.141. The summed E-state index contributed by atoms with van der Waals surface area (Å²) in [6.45, 7) is 2.64. The first-order chi connectivity index (χ1) is 10.7. The van der Waals surface area contributed by atoms with Crippen LogP contribution in [-0.4, -0.2) is 18.5 Å². The zero-order valence-electron chi connectivity index (χ0n) is 12.2. The molecule has 3 rings (SSSR count). The molecule has 0 heterocycles. The molecule has 0 saturated heterocycles. The maximum absolute atomic E-state index is 11.6. The van der Waals surface area contributed by atoms with E-state index < -0.39 is 5.97 Å². The van der Waals surface area contributed by atoms with Crippen molar-refractivity contribution in [1.29, 1.82) is 0 Å². The van der Waals surface area contributed by atoms with E-state index in [1.807, 2.05) is 24.3 Å². The molecule has 0 fully saturated rings. The summed E-state index contributed by atoms with van der Waals surface area (Å²) in [4.78, 5) is 22.4. The first-order valence-electron chi connectivity index (χ1n) is 7.12. The average molecular weight is 294 g/mol. The summed E-state index contributed by atoms with van der Waals surface area (Å²) >= 11 is 0. The fraction of sp³-hybridized carbons (Fsp3) is 0.167. The van der Waals surface area contributed by atoms with E-state index in [2.05, 4.69) is 29.6 Å². The Hall–Kier alpha value is -2.62. The zero-order valence-corrected chi connectivity index (χ0v) is 12.2. The van der Waals surface area contributed by atoms with Gasteiger partial charge >= 0.3 is 5.97 Å². The molecule has 0 aliphatic heterocycles. The largest absolute Gasteiger partial charge is 0.463 e. The number of rotatable bonds is 4. The molecule has 1 radical (unpaired) electrons. The van der Waals surface area contributed by atoms with E-state index in [1.165, 1.54) is 18.1 Å². The van der Waals surface area contributed by atoms with Gasteiger partial charge in [-0.15, -0.1) is 0 Å². The normalized spacial score (nSPS) is 12.4. The van der Waals surface area contributed by atoms with Gasteiger partial charge in [0.2, 0.25) is 5.91 Å². The van der Waals surface area contributed by atoms with Crippen LogP contribution in [0.4, 0.5) is 0 Å². The summed E-state index contributed by atoms with van der Waals surface area (Å²) in [6.07, 6.45) is 0. The minimum absolute atomic E-state index is 0.0297. The second-order valence-corrected chi connectivity index (χ2v) is 5.20. The zero-order chi connectivity index (χ0) is 15.5. The summed E-state index contributed by atoms with van der Waals surface area (Å²) in [7, 11) is 0. The van der Waals surface area contributed by atoms with Gasteiger partial charge in [-0.3, -0.25) is 4.79 Å². The van der Waals surface area contributed by atoms with Gasteiger partial charge in [-0.2, -0.15) is 0 Å². The molecule has 1 aliphatic carbocycles. The number of benzene rings is 2. The maximum Gasteiger partial charge on any atom is 0.331 e. The van der Waals surface area contributed by atoms with Crippen LogP contribution in [0.25, 0.3) is 11.1 Å². The molecule has 1 N–H and O–H groups in total. The molecule has 2 aromatic rings. The van der Waals surface area contributed by atoms with Crippen LogP contribution in [-0.2, 0) is 14.3 Å². The monoisotopic (exact) mass is 294 g/mol. The molecule has 4 nitrogen and oxygen atoms in total. The molecule has 22 heavy (non-hydrogen) atoms. The minimum Gasteiger partial charge on any atom is -0.463 e. The lowest BCUT2D eigenvalue weighted by atomic mass is 9.98. The van der Waals surface area contributed by atoms with Gasteiger partial charge in [-0.1, -0.05) is 48.5 Å². The van der Waals surface area contributed by atoms with E-state index in [4.69, 9.17) is 4.74 Å². The van der Waals surface area contributed by atoms with Crippen LogP contribution in [0.15, 0.2) is 48.5 Å². The molecule has 0 saturated carbocycles. The Labute approximate surface area is 129 Å². The molecule has 1 amide bonds. The van der Waals surface area contributed by atoms with Gasteiger partial charge in [-0.05, 0) is 22.3 Å². The van der Waals surface area contributed by atoms with E-state index in [-0.39, 0.29) is 18.4 Å². The summed E-state index contributed by atoms with van der Waals surface area (Å²) < 4.78 is 5.28. The second-order valence-electron chi connectivity index (χ2n) is 5.20. The first-order valence-corrected chi connectivity index (χ1v) is 7.12. The Morgan fingerprint density at radius 2 is 1.59 bits per heavy atom. The minimum atomic E-state index is -0.544. The quantitative estimate of drug-likeness (QED) is 0.882. The lowest BCUT2D eigenvalue weighted by Gasteiger charge is -2.14. The van der Waals surface area contributed by atoms with Crippen LogP contribution in [0.2, 0.25) is 0 Å². The highest BCUT2D eigenvalue weighted by Gasteiger charge is 2.28. The number of fused-ring (bicyclic) bond motifs is 3. The standard InChI is InChI=1S/C18H16NO3/c1-12(20)19-10-18(21)22-11-17-15-8-4-2-6-13(15)14-7-3-5-9-16(14)17/h2-10,17H,11H2,1H3,(H,19,20). The number of carbonyl (C=O) groups excluding carboxylic acids is 2. The molecule has 0 bridgehead atoms. The van der Waals surface area contributed by atoms with Crippen LogP contribution < -0.4 is 5.32 Å². The molecule has 0 atom stereocenters. The summed E-state index contributed by atoms with van der Waals surface area (Å²) in [5.41, 5.74) is 4.70. The number of esters is 1. The smallest absolute Gasteiger partial charge is 0.331 e. The number of hydrogen-bond acceptors (Lipinski definition) is 3. The van der Waals surface area contributed by atoms with Crippen LogP contribution in [0.3, 0.4) is 0 Å². The van der Waals surface area contributed by atoms with E-state index in [0.717, 1.165) is 17.7 Å². The number of nitrogens with one attached hydrogen (secondary N) is 1. The van der Waals surface area contributed by atoms with Crippen molar-refractivity contribution in [3.63, 3.8) is 0 Å². The lowest BCUT2D eigenvalue weighted by Crippen LogP contribution is -2.24. The number of hydrogen-bond donors (Lipinski definition) is 1. The molecule has 0 unspecified atom stereocenters. The van der Waals surface area contributed by atoms with E-state index in [9.17, 15) is 9.59 Å². The Kier molecular flexibility index (Phi) is 3.92. The van der Waals surface area contributed by atoms with E-state index >= 15 is 0 Å². The van der Waals surface area contributed by atoms with Crippen LogP contribution in [0.1, 0.15) is 24.0 Å². The molecule has 2 aromatic carbocycles. The highest BCUT2D eigenvalue weighted by Crippen LogP contribution is 2.44. The highest BCUT2D eigenvalue weighted by molar-refractivity contribution is 5.85. The van der Waals surface area contributed by atoms with Crippen LogP contribution in [0, 0.1) is 6.54 Å². The number of amides is 1. The summed E-state index contributed by atoms with van der Waals surface area (Å²) in [5, 5.41) is 2.32. The summed E-state index contributed by atoms with van der Waals surface area (Å²) in [5.74, 6) is -0.812. The van der Waals surface area contributed by atoms with Crippen molar-refractivity contribution in [2.45, 2.75) is 12.8 Å². The van der Waals surface area contributed by atoms with Gasteiger partial charge in [0, 0.05) is 12.8 Å². The molecule has 0 spiro atoms. The number of carbonyl (C=O) groups is 2. The fourth-order valence-corrected chi connectivity index (χ4v) is 2.81. The van der Waals surface area contributed by atoms with Crippen molar-refractivity contribution in [3.05, 3.63) is 66.2 Å². The Morgan fingerprint density at radius 1 is 1.05 bits per heavy atom. The van der Waals surface area contributed by atoms with Crippen LogP contribution >= 0.6 is 0 Å². The molecule has 0 aromatic heterocycles. The second kappa shape index (κ2) is 6.02. The van der Waals surface area contributed by atoms with Gasteiger partial charge in [0.15, 0.2) is 6.54 Å². The maximum atomic E-state index is 11.6. The van der Waals surface area contributed by atoms with Crippen molar-refractivity contribution in [1.82, 2.24) is 5.32 Å². The first kappa shape index (κ1) is 14.3. The van der Waals surface area contributed by atoms with Gasteiger partial charge in [0.1, 0.15) is 6.61 Å².